The zero-order valence-electron chi connectivity index (χ0n) is 11.8. The van der Waals surface area contributed by atoms with Gasteiger partial charge in [0.05, 0.1) is 12.1 Å². The van der Waals surface area contributed by atoms with Crippen molar-refractivity contribution in [3.63, 3.8) is 0 Å². The molecular formula is C16H18ClNOS. The molecule has 0 aromatic heterocycles. The molecule has 0 aliphatic heterocycles. The highest BCUT2D eigenvalue weighted by molar-refractivity contribution is 7.99. The summed E-state index contributed by atoms with van der Waals surface area (Å²) in [5, 5.41) is 3.99. The van der Waals surface area contributed by atoms with E-state index in [4.69, 9.17) is 16.3 Å². The van der Waals surface area contributed by atoms with Gasteiger partial charge in [-0.1, -0.05) is 35.5 Å². The second kappa shape index (κ2) is 7.02. The summed E-state index contributed by atoms with van der Waals surface area (Å²) in [6.07, 6.45) is 0. The van der Waals surface area contributed by atoms with Crippen molar-refractivity contribution in [1.29, 1.82) is 0 Å². The van der Waals surface area contributed by atoms with Crippen LogP contribution in [0.5, 0.6) is 5.75 Å². The van der Waals surface area contributed by atoms with E-state index in [9.17, 15) is 0 Å². The first-order chi connectivity index (χ1) is 9.63. The molecule has 0 aliphatic rings. The summed E-state index contributed by atoms with van der Waals surface area (Å²) in [6.45, 7) is 2.11. The lowest BCUT2D eigenvalue weighted by molar-refractivity contribution is 0.413. The number of rotatable bonds is 5. The van der Waals surface area contributed by atoms with Crippen LogP contribution in [0, 0.1) is 0 Å². The second-order valence-electron chi connectivity index (χ2n) is 4.48. The Labute approximate surface area is 129 Å². The van der Waals surface area contributed by atoms with Gasteiger partial charge in [0.2, 0.25) is 0 Å². The van der Waals surface area contributed by atoms with Crippen LogP contribution in [-0.2, 0) is 0 Å². The van der Waals surface area contributed by atoms with Gasteiger partial charge >= 0.3 is 0 Å². The minimum absolute atomic E-state index is 0.295. The molecule has 0 fully saturated rings. The van der Waals surface area contributed by atoms with E-state index in [2.05, 4.69) is 24.4 Å². The summed E-state index contributed by atoms with van der Waals surface area (Å²) < 4.78 is 5.23. The number of nitrogens with one attached hydrogen (secondary N) is 1. The molecule has 0 aliphatic carbocycles. The molecule has 2 aromatic carbocycles. The van der Waals surface area contributed by atoms with Crippen LogP contribution in [0.1, 0.15) is 18.5 Å². The second-order valence-corrected chi connectivity index (χ2v) is 6.00. The van der Waals surface area contributed by atoms with Crippen LogP contribution in [0.25, 0.3) is 0 Å². The number of benzene rings is 2. The van der Waals surface area contributed by atoms with Crippen molar-refractivity contribution in [2.75, 3.05) is 14.2 Å². The summed E-state index contributed by atoms with van der Waals surface area (Å²) in [4.78, 5) is 2.16. The lowest BCUT2D eigenvalue weighted by Gasteiger charge is -2.12. The highest BCUT2D eigenvalue weighted by Crippen LogP contribution is 2.35. The van der Waals surface area contributed by atoms with E-state index in [0.717, 1.165) is 20.6 Å². The van der Waals surface area contributed by atoms with Crippen LogP contribution in [0.3, 0.4) is 0 Å². The van der Waals surface area contributed by atoms with Gasteiger partial charge in [0.25, 0.3) is 0 Å². The molecule has 0 spiro atoms. The Hall–Kier alpha value is -1.16. The van der Waals surface area contributed by atoms with Crippen molar-refractivity contribution in [3.8, 4) is 5.75 Å². The fourth-order valence-corrected chi connectivity index (χ4v) is 3.00. The molecule has 4 heteroatoms. The molecule has 0 heterocycles. The van der Waals surface area contributed by atoms with Crippen LogP contribution in [0.4, 0.5) is 0 Å². The molecule has 0 saturated heterocycles. The lowest BCUT2D eigenvalue weighted by atomic mass is 10.1. The maximum atomic E-state index is 6.37. The highest BCUT2D eigenvalue weighted by Gasteiger charge is 2.08. The van der Waals surface area contributed by atoms with E-state index in [1.54, 1.807) is 18.9 Å². The maximum Gasteiger partial charge on any atom is 0.119 e. The Kier molecular flexibility index (Phi) is 5.35. The first-order valence-corrected chi connectivity index (χ1v) is 7.62. The van der Waals surface area contributed by atoms with E-state index in [-0.39, 0.29) is 0 Å². The predicted octanol–water partition coefficient (Wildman–Crippen LogP) is 4.78. The van der Waals surface area contributed by atoms with E-state index >= 15 is 0 Å². The van der Waals surface area contributed by atoms with E-state index in [1.165, 1.54) is 5.56 Å². The number of halogens is 1. The highest BCUT2D eigenvalue weighted by atomic mass is 35.5. The van der Waals surface area contributed by atoms with Gasteiger partial charge in [-0.3, -0.25) is 0 Å². The first kappa shape index (κ1) is 15.2. The van der Waals surface area contributed by atoms with Gasteiger partial charge in [0.1, 0.15) is 5.75 Å². The summed E-state index contributed by atoms with van der Waals surface area (Å²) in [5.41, 5.74) is 1.19. The third kappa shape index (κ3) is 3.69. The van der Waals surface area contributed by atoms with Crippen molar-refractivity contribution >= 4 is 23.4 Å². The van der Waals surface area contributed by atoms with Gasteiger partial charge in [0, 0.05) is 15.8 Å². The largest absolute Gasteiger partial charge is 0.497 e. The fourth-order valence-electron chi connectivity index (χ4n) is 1.83. The standard InChI is InChI=1S/C16H18ClNOS/c1-11(18-2)12-7-8-16(15(17)9-12)20-14-6-4-5-13(10-14)19-3/h4-11,18H,1-3H3. The van der Waals surface area contributed by atoms with Gasteiger partial charge in [-0.25, -0.2) is 0 Å². The van der Waals surface area contributed by atoms with Crippen molar-refractivity contribution in [2.45, 2.75) is 22.8 Å². The van der Waals surface area contributed by atoms with E-state index < -0.39 is 0 Å². The third-order valence-electron chi connectivity index (χ3n) is 3.16. The average Bonchev–Trinajstić information content (AvgIpc) is 2.48. The fraction of sp³-hybridized carbons (Fsp3) is 0.250. The van der Waals surface area contributed by atoms with Crippen LogP contribution in [0.2, 0.25) is 5.02 Å². The summed E-state index contributed by atoms with van der Waals surface area (Å²) in [7, 11) is 3.61. The minimum atomic E-state index is 0.295. The number of methoxy groups -OCH3 is 1. The average molecular weight is 308 g/mol. The molecule has 0 radical (unpaired) electrons. The first-order valence-electron chi connectivity index (χ1n) is 6.42. The Morgan fingerprint density at radius 3 is 2.65 bits per heavy atom. The van der Waals surface area contributed by atoms with Crippen molar-refractivity contribution < 1.29 is 4.74 Å². The van der Waals surface area contributed by atoms with Crippen LogP contribution in [-0.4, -0.2) is 14.2 Å². The molecule has 0 amide bonds. The number of ether oxygens (including phenoxy) is 1. The van der Waals surface area contributed by atoms with Gasteiger partial charge < -0.3 is 10.1 Å². The van der Waals surface area contributed by atoms with Crippen LogP contribution in [0.15, 0.2) is 52.3 Å². The van der Waals surface area contributed by atoms with Crippen molar-refractivity contribution in [1.82, 2.24) is 5.32 Å². The smallest absolute Gasteiger partial charge is 0.119 e. The molecular weight excluding hydrogens is 290 g/mol. The number of hydrogen-bond donors (Lipinski definition) is 1. The Bertz CT molecular complexity index is 588. The summed E-state index contributed by atoms with van der Waals surface area (Å²) in [5.74, 6) is 0.853. The van der Waals surface area contributed by atoms with Crippen molar-refractivity contribution in [2.24, 2.45) is 0 Å². The Morgan fingerprint density at radius 1 is 1.20 bits per heavy atom. The lowest BCUT2D eigenvalue weighted by Crippen LogP contribution is -2.12. The molecule has 20 heavy (non-hydrogen) atoms. The molecule has 1 unspecified atom stereocenters. The topological polar surface area (TPSA) is 21.3 Å². The van der Waals surface area contributed by atoms with Gasteiger partial charge in [0.15, 0.2) is 0 Å². The van der Waals surface area contributed by atoms with Gasteiger partial charge in [-0.2, -0.15) is 0 Å². The molecule has 106 valence electrons. The Morgan fingerprint density at radius 2 is 2.00 bits per heavy atom. The monoisotopic (exact) mass is 307 g/mol. The predicted molar refractivity (Wildman–Crippen MR) is 86.0 cm³/mol. The summed E-state index contributed by atoms with van der Waals surface area (Å²) >= 11 is 8.01. The zero-order valence-corrected chi connectivity index (χ0v) is 13.4. The zero-order chi connectivity index (χ0) is 14.5. The van der Waals surface area contributed by atoms with Gasteiger partial charge in [-0.15, -0.1) is 0 Å². The van der Waals surface area contributed by atoms with Crippen LogP contribution < -0.4 is 10.1 Å². The molecule has 2 aromatic rings. The Balaban J connectivity index is 2.21. The summed E-state index contributed by atoms with van der Waals surface area (Å²) in [6, 6.07) is 14.5. The molecule has 2 nitrogen and oxygen atoms in total. The van der Waals surface area contributed by atoms with Crippen molar-refractivity contribution in [3.05, 3.63) is 53.1 Å². The molecule has 0 bridgehead atoms. The molecule has 1 atom stereocenters. The normalized spacial score (nSPS) is 12.2. The van der Waals surface area contributed by atoms with E-state index in [1.807, 2.05) is 37.4 Å². The molecule has 2 rings (SSSR count). The van der Waals surface area contributed by atoms with E-state index in [0.29, 0.717) is 6.04 Å². The molecule has 0 saturated carbocycles. The quantitative estimate of drug-likeness (QED) is 0.859. The molecule has 1 N–H and O–H groups in total. The van der Waals surface area contributed by atoms with Gasteiger partial charge in [-0.05, 0) is 49.9 Å². The maximum absolute atomic E-state index is 6.37. The number of hydrogen-bond acceptors (Lipinski definition) is 3. The SMILES string of the molecule is CNC(C)c1ccc(Sc2cccc(OC)c2)c(Cl)c1. The third-order valence-corrected chi connectivity index (χ3v) is 4.65. The van der Waals surface area contributed by atoms with Crippen LogP contribution >= 0.6 is 23.4 Å². The minimum Gasteiger partial charge on any atom is -0.497 e.